The molecule has 1 saturated carbocycles. The fourth-order valence-corrected chi connectivity index (χ4v) is 2.13. The molecule has 0 unspecified atom stereocenters. The fourth-order valence-electron chi connectivity index (χ4n) is 2.13. The number of ether oxygens (including phenoxy) is 2. The lowest BCUT2D eigenvalue weighted by atomic mass is 10.1. The minimum absolute atomic E-state index is 0.264. The maximum absolute atomic E-state index is 12.1. The van der Waals surface area contributed by atoms with Gasteiger partial charge in [0.25, 0.3) is 0 Å². The van der Waals surface area contributed by atoms with E-state index in [1.807, 2.05) is 30.0 Å². The average molecular weight is 263 g/mol. The van der Waals surface area contributed by atoms with E-state index in [0.29, 0.717) is 18.0 Å². The fraction of sp³-hybridized carbons (Fsp3) is 0.533. The summed E-state index contributed by atoms with van der Waals surface area (Å²) < 4.78 is 10.5. The number of carbonyl (C=O) groups excluding carboxylic acids is 1. The Bertz CT molecular complexity index is 455. The average Bonchev–Trinajstić information content (AvgIpc) is 3.28. The van der Waals surface area contributed by atoms with E-state index in [4.69, 9.17) is 9.47 Å². The molecule has 1 aliphatic carbocycles. The number of amides is 1. The molecule has 0 N–H and O–H groups in total. The van der Waals surface area contributed by atoms with Gasteiger partial charge >= 0.3 is 0 Å². The quantitative estimate of drug-likeness (QED) is 0.791. The van der Waals surface area contributed by atoms with Crippen molar-refractivity contribution in [3.63, 3.8) is 0 Å². The summed E-state index contributed by atoms with van der Waals surface area (Å²) in [5.41, 5.74) is 1.06. The van der Waals surface area contributed by atoms with Crippen LogP contribution in [0, 0.1) is 5.92 Å². The smallest absolute Gasteiger partial charge is 0.225 e. The molecule has 1 fully saturated rings. The van der Waals surface area contributed by atoms with Crippen LogP contribution < -0.4 is 9.47 Å². The lowest BCUT2D eigenvalue weighted by molar-refractivity contribution is -0.132. The maximum Gasteiger partial charge on any atom is 0.225 e. The molecule has 1 amide bonds. The predicted octanol–water partition coefficient (Wildman–Crippen LogP) is 2.46. The summed E-state index contributed by atoms with van der Waals surface area (Å²) >= 11 is 0. The van der Waals surface area contributed by atoms with Crippen LogP contribution in [0.4, 0.5) is 0 Å². The molecule has 4 nitrogen and oxygen atoms in total. The highest BCUT2D eigenvalue weighted by Gasteiger charge is 2.32. The summed E-state index contributed by atoms with van der Waals surface area (Å²) in [6.45, 7) is 3.39. The zero-order chi connectivity index (χ0) is 13.8. The molecule has 0 aliphatic heterocycles. The van der Waals surface area contributed by atoms with Crippen LogP contribution in [0.25, 0.3) is 0 Å². The highest BCUT2D eigenvalue weighted by atomic mass is 16.5. The van der Waals surface area contributed by atoms with Crippen molar-refractivity contribution in [3.05, 3.63) is 23.8 Å². The summed E-state index contributed by atoms with van der Waals surface area (Å²) in [5.74, 6) is 1.95. The molecule has 0 spiro atoms. The largest absolute Gasteiger partial charge is 0.493 e. The van der Waals surface area contributed by atoms with Gasteiger partial charge in [-0.2, -0.15) is 0 Å². The molecule has 0 aromatic heterocycles. The summed E-state index contributed by atoms with van der Waals surface area (Å²) in [7, 11) is 3.24. The molecule has 0 saturated heterocycles. The van der Waals surface area contributed by atoms with Crippen LogP contribution in [0.15, 0.2) is 18.2 Å². The van der Waals surface area contributed by atoms with Crippen LogP contribution in [0.3, 0.4) is 0 Å². The molecule has 1 aromatic rings. The zero-order valence-corrected chi connectivity index (χ0v) is 11.8. The Balaban J connectivity index is 2.10. The van der Waals surface area contributed by atoms with E-state index in [1.54, 1.807) is 14.2 Å². The number of hydrogen-bond acceptors (Lipinski definition) is 3. The molecule has 2 rings (SSSR count). The number of nitrogens with zero attached hydrogens (tertiary/aromatic N) is 1. The Labute approximate surface area is 114 Å². The number of benzene rings is 1. The van der Waals surface area contributed by atoms with Crippen LogP contribution in [0.5, 0.6) is 11.5 Å². The standard InChI is InChI=1S/C15H21NO3/c1-4-16(15(17)12-6-7-12)10-11-5-8-13(18-2)14(9-11)19-3/h5,8-9,12H,4,6-7,10H2,1-3H3. The van der Waals surface area contributed by atoms with Crippen molar-refractivity contribution >= 4 is 5.91 Å². The first-order valence-corrected chi connectivity index (χ1v) is 6.69. The number of rotatable bonds is 6. The Morgan fingerprint density at radius 1 is 1.26 bits per heavy atom. The van der Waals surface area contributed by atoms with Gasteiger partial charge in [-0.25, -0.2) is 0 Å². The number of carbonyl (C=O) groups is 1. The summed E-state index contributed by atoms with van der Waals surface area (Å²) in [5, 5.41) is 0. The Morgan fingerprint density at radius 2 is 1.95 bits per heavy atom. The van der Waals surface area contributed by atoms with E-state index in [0.717, 1.165) is 24.9 Å². The van der Waals surface area contributed by atoms with E-state index in [9.17, 15) is 4.79 Å². The first-order chi connectivity index (χ1) is 9.19. The third kappa shape index (κ3) is 3.19. The zero-order valence-electron chi connectivity index (χ0n) is 11.8. The minimum Gasteiger partial charge on any atom is -0.493 e. The predicted molar refractivity (Wildman–Crippen MR) is 73.4 cm³/mol. The topological polar surface area (TPSA) is 38.8 Å². The molecule has 1 aliphatic rings. The third-order valence-corrected chi connectivity index (χ3v) is 3.44. The highest BCUT2D eigenvalue weighted by molar-refractivity contribution is 5.81. The summed E-state index contributed by atoms with van der Waals surface area (Å²) in [6.07, 6.45) is 2.09. The first kappa shape index (κ1) is 13.7. The molecule has 0 bridgehead atoms. The van der Waals surface area contributed by atoms with E-state index in [2.05, 4.69) is 0 Å². The van der Waals surface area contributed by atoms with Crippen LogP contribution >= 0.6 is 0 Å². The number of hydrogen-bond donors (Lipinski definition) is 0. The van der Waals surface area contributed by atoms with Gasteiger partial charge in [0.15, 0.2) is 11.5 Å². The van der Waals surface area contributed by atoms with Gasteiger partial charge in [-0.1, -0.05) is 6.07 Å². The van der Waals surface area contributed by atoms with Crippen molar-refractivity contribution in [2.24, 2.45) is 5.92 Å². The highest BCUT2D eigenvalue weighted by Crippen LogP contribution is 2.32. The van der Waals surface area contributed by atoms with Gasteiger partial charge in [-0.15, -0.1) is 0 Å². The molecule has 104 valence electrons. The van der Waals surface area contributed by atoms with E-state index < -0.39 is 0 Å². The molecular formula is C15H21NO3. The maximum atomic E-state index is 12.1. The molecular weight excluding hydrogens is 242 g/mol. The van der Waals surface area contributed by atoms with Gasteiger partial charge in [0.1, 0.15) is 0 Å². The van der Waals surface area contributed by atoms with Crippen molar-refractivity contribution in [1.29, 1.82) is 0 Å². The van der Waals surface area contributed by atoms with E-state index >= 15 is 0 Å². The first-order valence-electron chi connectivity index (χ1n) is 6.69. The lowest BCUT2D eigenvalue weighted by Crippen LogP contribution is -2.31. The molecule has 1 aromatic carbocycles. The molecule has 4 heteroatoms. The van der Waals surface area contributed by atoms with Crippen LogP contribution in [0.2, 0.25) is 0 Å². The summed E-state index contributed by atoms with van der Waals surface area (Å²) in [6, 6.07) is 5.79. The Morgan fingerprint density at radius 3 is 2.47 bits per heavy atom. The second kappa shape index (κ2) is 5.95. The molecule has 0 radical (unpaired) electrons. The minimum atomic E-state index is 0.264. The van der Waals surface area contributed by atoms with Gasteiger partial charge in [0.05, 0.1) is 14.2 Å². The SMILES string of the molecule is CCN(Cc1ccc(OC)c(OC)c1)C(=O)C1CC1. The van der Waals surface area contributed by atoms with Gasteiger partial charge < -0.3 is 14.4 Å². The van der Waals surface area contributed by atoms with Crippen molar-refractivity contribution in [1.82, 2.24) is 4.90 Å². The monoisotopic (exact) mass is 263 g/mol. The molecule has 19 heavy (non-hydrogen) atoms. The molecule has 0 heterocycles. The van der Waals surface area contributed by atoms with Crippen LogP contribution in [-0.4, -0.2) is 31.6 Å². The normalized spacial score (nSPS) is 14.1. The Kier molecular flexibility index (Phi) is 4.30. The van der Waals surface area contributed by atoms with E-state index in [1.165, 1.54) is 0 Å². The van der Waals surface area contributed by atoms with Crippen molar-refractivity contribution in [2.45, 2.75) is 26.3 Å². The van der Waals surface area contributed by atoms with Gasteiger partial charge in [-0.05, 0) is 37.5 Å². The lowest BCUT2D eigenvalue weighted by Gasteiger charge is -2.21. The van der Waals surface area contributed by atoms with Crippen molar-refractivity contribution in [2.75, 3.05) is 20.8 Å². The molecule has 0 atom stereocenters. The second-order valence-corrected chi connectivity index (χ2v) is 4.82. The van der Waals surface area contributed by atoms with Crippen LogP contribution in [-0.2, 0) is 11.3 Å². The van der Waals surface area contributed by atoms with Gasteiger partial charge in [-0.3, -0.25) is 4.79 Å². The van der Waals surface area contributed by atoms with Crippen molar-refractivity contribution in [3.8, 4) is 11.5 Å². The van der Waals surface area contributed by atoms with Crippen molar-refractivity contribution < 1.29 is 14.3 Å². The van der Waals surface area contributed by atoms with Crippen LogP contribution in [0.1, 0.15) is 25.3 Å². The van der Waals surface area contributed by atoms with Gasteiger partial charge in [0.2, 0.25) is 5.91 Å². The van der Waals surface area contributed by atoms with Gasteiger partial charge in [0, 0.05) is 19.0 Å². The number of methoxy groups -OCH3 is 2. The Hall–Kier alpha value is -1.71. The third-order valence-electron chi connectivity index (χ3n) is 3.44. The second-order valence-electron chi connectivity index (χ2n) is 4.82. The van der Waals surface area contributed by atoms with E-state index in [-0.39, 0.29) is 11.8 Å². The summed E-state index contributed by atoms with van der Waals surface area (Å²) in [4.78, 5) is 14.0.